The molecule has 0 bridgehead atoms. The number of carbonyl (C=O) groups excluding carboxylic acids is 1. The number of aromatic nitrogens is 1. The van der Waals surface area contributed by atoms with Crippen molar-refractivity contribution in [2.24, 2.45) is 11.8 Å². The Kier molecular flexibility index (Phi) is 6.26. The fraction of sp³-hybridized carbons (Fsp3) is 0.417. The van der Waals surface area contributed by atoms with E-state index in [-0.39, 0.29) is 23.9 Å². The fourth-order valence-electron chi connectivity index (χ4n) is 4.25. The lowest BCUT2D eigenvalue weighted by Crippen LogP contribution is -2.45. The van der Waals surface area contributed by atoms with E-state index in [0.29, 0.717) is 18.1 Å². The zero-order valence-corrected chi connectivity index (χ0v) is 17.7. The third kappa shape index (κ3) is 4.51. The third-order valence-electron chi connectivity index (χ3n) is 5.85. The highest BCUT2D eigenvalue weighted by molar-refractivity contribution is 7.11. The molecule has 29 heavy (non-hydrogen) atoms. The summed E-state index contributed by atoms with van der Waals surface area (Å²) in [5.41, 5.74) is 2.74. The molecule has 1 aliphatic carbocycles. The molecular weight excluding hydrogens is 382 g/mol. The molecule has 4 unspecified atom stereocenters. The van der Waals surface area contributed by atoms with Gasteiger partial charge in [0, 0.05) is 17.5 Å². The van der Waals surface area contributed by atoms with Gasteiger partial charge in [0.2, 0.25) is 0 Å². The molecule has 1 fully saturated rings. The van der Waals surface area contributed by atoms with Gasteiger partial charge >= 0.3 is 0 Å². The number of thiazole rings is 1. The van der Waals surface area contributed by atoms with Crippen LogP contribution in [-0.2, 0) is 14.3 Å². The predicted molar refractivity (Wildman–Crippen MR) is 116 cm³/mol. The van der Waals surface area contributed by atoms with Crippen LogP contribution in [0.15, 0.2) is 48.0 Å². The van der Waals surface area contributed by atoms with Gasteiger partial charge in [-0.3, -0.25) is 4.79 Å². The van der Waals surface area contributed by atoms with Gasteiger partial charge in [-0.15, -0.1) is 11.3 Å². The molecule has 0 spiro atoms. The number of carbonyl (C=O) groups is 1. The van der Waals surface area contributed by atoms with Crippen LogP contribution < -0.4 is 0 Å². The Morgan fingerprint density at radius 1 is 1.28 bits per heavy atom. The number of rotatable bonds is 6. The number of hydrogen-bond acceptors (Lipinski definition) is 5. The minimum Gasteiger partial charge on any atom is -0.496 e. The van der Waals surface area contributed by atoms with Crippen LogP contribution in [0.2, 0.25) is 0 Å². The van der Waals surface area contributed by atoms with Crippen LogP contribution in [0.5, 0.6) is 0 Å². The summed E-state index contributed by atoms with van der Waals surface area (Å²) in [6.07, 6.45) is 8.36. The van der Waals surface area contributed by atoms with E-state index in [0.717, 1.165) is 30.0 Å². The Balaban J connectivity index is 1.40. The first-order chi connectivity index (χ1) is 14.2. The number of allylic oxidation sites excluding steroid dienone is 1. The summed E-state index contributed by atoms with van der Waals surface area (Å²) in [4.78, 5) is 17.6. The number of aryl methyl sites for hydroxylation is 1. The molecule has 1 aromatic heterocycles. The first-order valence-corrected chi connectivity index (χ1v) is 11.2. The molecule has 1 aromatic carbocycles. The highest BCUT2D eigenvalue weighted by atomic mass is 32.1. The SMILES string of the molecule is CCC1CC2C(=O)C(c3nc(C)cs3)=COC2CC1OC/C=C/c1ccccc1. The number of nitrogens with zero attached hydrogens (tertiary/aromatic N) is 1. The van der Waals surface area contributed by atoms with Gasteiger partial charge in [0.05, 0.1) is 30.5 Å². The van der Waals surface area contributed by atoms with Crippen LogP contribution in [0, 0.1) is 18.8 Å². The van der Waals surface area contributed by atoms with E-state index in [9.17, 15) is 4.79 Å². The third-order valence-corrected chi connectivity index (χ3v) is 6.84. The van der Waals surface area contributed by atoms with Crippen LogP contribution in [0.4, 0.5) is 0 Å². The fourth-order valence-corrected chi connectivity index (χ4v) is 5.06. The number of Topliss-reactive ketones (excluding diaryl/α,β-unsaturated/α-hetero) is 1. The van der Waals surface area contributed by atoms with Gasteiger partial charge in [-0.1, -0.05) is 55.8 Å². The quantitative estimate of drug-likeness (QED) is 0.650. The van der Waals surface area contributed by atoms with Crippen molar-refractivity contribution >= 4 is 28.8 Å². The van der Waals surface area contributed by atoms with Crippen molar-refractivity contribution in [3.05, 3.63) is 64.3 Å². The molecule has 5 heteroatoms. The normalized spacial score (nSPS) is 26.8. The van der Waals surface area contributed by atoms with E-state index >= 15 is 0 Å². The minimum absolute atomic E-state index is 0.0936. The number of ketones is 1. The average molecular weight is 410 g/mol. The van der Waals surface area contributed by atoms with Gasteiger partial charge in [-0.2, -0.15) is 0 Å². The van der Waals surface area contributed by atoms with Crippen LogP contribution in [0.25, 0.3) is 11.6 Å². The highest BCUT2D eigenvalue weighted by Crippen LogP contribution is 2.41. The smallest absolute Gasteiger partial charge is 0.175 e. The lowest BCUT2D eigenvalue weighted by molar-refractivity contribution is -0.131. The zero-order chi connectivity index (χ0) is 20.2. The largest absolute Gasteiger partial charge is 0.496 e. The summed E-state index contributed by atoms with van der Waals surface area (Å²) in [6, 6.07) is 10.2. The van der Waals surface area contributed by atoms with Crippen LogP contribution >= 0.6 is 11.3 Å². The van der Waals surface area contributed by atoms with Crippen LogP contribution in [-0.4, -0.2) is 29.6 Å². The van der Waals surface area contributed by atoms with E-state index in [1.165, 1.54) is 16.9 Å². The Morgan fingerprint density at radius 2 is 2.10 bits per heavy atom. The molecule has 4 nitrogen and oxygen atoms in total. The molecule has 0 radical (unpaired) electrons. The number of benzene rings is 1. The molecule has 4 rings (SSSR count). The van der Waals surface area contributed by atoms with Crippen molar-refractivity contribution in [1.29, 1.82) is 0 Å². The summed E-state index contributed by atoms with van der Waals surface area (Å²) in [6.45, 7) is 4.69. The molecule has 2 aliphatic rings. The second-order valence-corrected chi connectivity index (χ2v) is 8.65. The van der Waals surface area contributed by atoms with Gasteiger partial charge in [-0.05, 0) is 24.8 Å². The molecule has 152 valence electrons. The second kappa shape index (κ2) is 9.06. The van der Waals surface area contributed by atoms with Gasteiger partial charge in [0.25, 0.3) is 0 Å². The Labute approximate surface area is 176 Å². The molecule has 1 saturated carbocycles. The van der Waals surface area contributed by atoms with Crippen molar-refractivity contribution in [2.75, 3.05) is 6.61 Å². The molecule has 0 N–H and O–H groups in total. The molecule has 0 saturated heterocycles. The summed E-state index contributed by atoms with van der Waals surface area (Å²) in [7, 11) is 0. The highest BCUT2D eigenvalue weighted by Gasteiger charge is 2.44. The van der Waals surface area contributed by atoms with Crippen molar-refractivity contribution in [2.45, 2.75) is 45.3 Å². The van der Waals surface area contributed by atoms with Crippen molar-refractivity contribution < 1.29 is 14.3 Å². The summed E-state index contributed by atoms with van der Waals surface area (Å²) >= 11 is 1.51. The zero-order valence-electron chi connectivity index (χ0n) is 16.9. The number of fused-ring (bicyclic) bond motifs is 1. The first-order valence-electron chi connectivity index (χ1n) is 10.3. The topological polar surface area (TPSA) is 48.4 Å². The van der Waals surface area contributed by atoms with Crippen molar-refractivity contribution in [3.63, 3.8) is 0 Å². The molecule has 4 atom stereocenters. The van der Waals surface area contributed by atoms with Crippen LogP contribution in [0.3, 0.4) is 0 Å². The monoisotopic (exact) mass is 409 g/mol. The van der Waals surface area contributed by atoms with E-state index in [1.807, 2.05) is 30.5 Å². The molecule has 1 aliphatic heterocycles. The van der Waals surface area contributed by atoms with Gasteiger partial charge in [-0.25, -0.2) is 4.98 Å². The minimum atomic E-state index is -0.0989. The molecule has 2 heterocycles. The second-order valence-electron chi connectivity index (χ2n) is 7.80. The van der Waals surface area contributed by atoms with E-state index in [2.05, 4.69) is 36.2 Å². The summed E-state index contributed by atoms with van der Waals surface area (Å²) in [5, 5.41) is 2.74. The number of hydrogen-bond donors (Lipinski definition) is 0. The Morgan fingerprint density at radius 3 is 2.83 bits per heavy atom. The first kappa shape index (κ1) is 20.0. The Hall–Kier alpha value is -2.24. The van der Waals surface area contributed by atoms with Crippen molar-refractivity contribution in [3.8, 4) is 0 Å². The lowest BCUT2D eigenvalue weighted by Gasteiger charge is -2.41. The maximum absolute atomic E-state index is 13.1. The lowest BCUT2D eigenvalue weighted by atomic mass is 9.72. The summed E-state index contributed by atoms with van der Waals surface area (Å²) in [5.74, 6) is 0.451. The maximum atomic E-state index is 13.1. The summed E-state index contributed by atoms with van der Waals surface area (Å²) < 4.78 is 12.2. The molecule has 2 aromatic rings. The average Bonchev–Trinajstić information content (AvgIpc) is 3.18. The van der Waals surface area contributed by atoms with E-state index < -0.39 is 0 Å². The van der Waals surface area contributed by atoms with Gasteiger partial charge in [0.1, 0.15) is 11.1 Å². The Bertz CT molecular complexity index is 902. The standard InChI is InChI=1S/C24H27NO3S/c1-3-18-12-19-22(28-14-20(23(19)26)24-25-16(2)15-29-24)13-21(18)27-11-7-10-17-8-5-4-6-9-17/h4-10,14-15,18-19,21-22H,3,11-13H2,1-2H3/b10-7+. The molecular formula is C24H27NO3S. The van der Waals surface area contributed by atoms with Gasteiger partial charge < -0.3 is 9.47 Å². The van der Waals surface area contributed by atoms with Crippen molar-refractivity contribution in [1.82, 2.24) is 4.98 Å². The van der Waals surface area contributed by atoms with E-state index in [4.69, 9.17) is 9.47 Å². The number of ether oxygens (including phenoxy) is 2. The van der Waals surface area contributed by atoms with Gasteiger partial charge in [0.15, 0.2) is 5.78 Å². The predicted octanol–water partition coefficient (Wildman–Crippen LogP) is 5.30. The van der Waals surface area contributed by atoms with E-state index in [1.54, 1.807) is 6.26 Å². The molecule has 0 amide bonds. The maximum Gasteiger partial charge on any atom is 0.175 e. The van der Waals surface area contributed by atoms with Crippen LogP contribution in [0.1, 0.15) is 42.5 Å².